The van der Waals surface area contributed by atoms with Crippen molar-refractivity contribution in [2.75, 3.05) is 6.61 Å². The van der Waals surface area contributed by atoms with Crippen molar-refractivity contribution in [2.24, 2.45) is 5.92 Å². The molecule has 2 aromatic carbocycles. The summed E-state index contributed by atoms with van der Waals surface area (Å²) in [6.07, 6.45) is -0.889. The Balaban J connectivity index is 1.79. The van der Waals surface area contributed by atoms with E-state index in [-0.39, 0.29) is 24.0 Å². The molecule has 142 valence electrons. The van der Waals surface area contributed by atoms with Gasteiger partial charge in [-0.05, 0) is 17.0 Å². The smallest absolute Gasteiger partial charge is 0.412 e. The second-order valence-electron chi connectivity index (χ2n) is 7.62. The van der Waals surface area contributed by atoms with E-state index in [9.17, 15) is 4.79 Å². The van der Waals surface area contributed by atoms with Crippen LogP contribution in [-0.2, 0) is 20.1 Å². The third kappa shape index (κ3) is 2.82. The summed E-state index contributed by atoms with van der Waals surface area (Å²) < 4.78 is 5.36. The first-order chi connectivity index (χ1) is 13.1. The normalized spacial score (nSPS) is 28.7. The van der Waals surface area contributed by atoms with Gasteiger partial charge in [0, 0.05) is 5.92 Å². The zero-order valence-corrected chi connectivity index (χ0v) is 15.9. The van der Waals surface area contributed by atoms with Crippen LogP contribution in [-0.4, -0.2) is 29.9 Å². The second-order valence-corrected chi connectivity index (χ2v) is 7.62. The number of ether oxygens (including phenoxy) is 1. The molecule has 2 aromatic rings. The van der Waals surface area contributed by atoms with E-state index in [0.29, 0.717) is 6.61 Å². The fourth-order valence-electron chi connectivity index (χ4n) is 4.09. The zero-order chi connectivity index (χ0) is 19.0. The summed E-state index contributed by atoms with van der Waals surface area (Å²) >= 11 is 0. The number of rotatable bonds is 5. The molecule has 2 fully saturated rings. The van der Waals surface area contributed by atoms with Gasteiger partial charge in [0.1, 0.15) is 6.61 Å². The van der Waals surface area contributed by atoms with E-state index >= 15 is 0 Å². The molecule has 4 rings (SSSR count). The van der Waals surface area contributed by atoms with Gasteiger partial charge in [-0.2, -0.15) is 0 Å². The number of carbonyl (C=O) groups excluding carboxylic acids is 1. The van der Waals surface area contributed by atoms with Crippen molar-refractivity contribution >= 4 is 6.09 Å². The maximum absolute atomic E-state index is 12.6. The van der Waals surface area contributed by atoms with Gasteiger partial charge in [-0.25, -0.2) is 14.6 Å². The molecule has 0 saturated carbocycles. The van der Waals surface area contributed by atoms with Crippen LogP contribution in [0, 0.1) is 5.92 Å². The van der Waals surface area contributed by atoms with Crippen LogP contribution < -0.4 is 0 Å². The van der Waals surface area contributed by atoms with Crippen molar-refractivity contribution in [1.82, 2.24) is 4.90 Å². The molecule has 0 N–H and O–H groups in total. The maximum atomic E-state index is 12.6. The largest absolute Gasteiger partial charge is 0.447 e. The van der Waals surface area contributed by atoms with Crippen LogP contribution in [0.4, 0.5) is 4.79 Å². The summed E-state index contributed by atoms with van der Waals surface area (Å²) in [5, 5.41) is 0. The fourth-order valence-corrected chi connectivity index (χ4v) is 4.09. The summed E-state index contributed by atoms with van der Waals surface area (Å²) in [6, 6.07) is 20.1. The van der Waals surface area contributed by atoms with Gasteiger partial charge >= 0.3 is 6.09 Å². The van der Waals surface area contributed by atoms with Gasteiger partial charge in [-0.15, -0.1) is 0 Å². The summed E-state index contributed by atoms with van der Waals surface area (Å²) in [4.78, 5) is 25.8. The van der Waals surface area contributed by atoms with E-state index < -0.39 is 11.8 Å². The molecule has 0 spiro atoms. The van der Waals surface area contributed by atoms with Gasteiger partial charge in [0.05, 0.1) is 6.04 Å². The highest BCUT2D eigenvalue weighted by molar-refractivity contribution is 5.71. The predicted molar refractivity (Wildman–Crippen MR) is 101 cm³/mol. The average molecular weight is 367 g/mol. The highest BCUT2D eigenvalue weighted by atomic mass is 17.3. The lowest BCUT2D eigenvalue weighted by atomic mass is 9.75. The molecule has 5 nitrogen and oxygen atoms in total. The summed E-state index contributed by atoms with van der Waals surface area (Å²) in [6.45, 7) is 6.67. The quantitative estimate of drug-likeness (QED) is 0.733. The monoisotopic (exact) mass is 367 g/mol. The topological polar surface area (TPSA) is 48.0 Å². The molecule has 2 aliphatic heterocycles. The van der Waals surface area contributed by atoms with Crippen molar-refractivity contribution in [3.05, 3.63) is 71.8 Å². The number of hydrogen-bond acceptors (Lipinski definition) is 4. The molecule has 0 aliphatic carbocycles. The lowest BCUT2D eigenvalue weighted by Gasteiger charge is -2.54. The molecule has 27 heavy (non-hydrogen) atoms. The molecule has 4 atom stereocenters. The molecule has 0 bridgehead atoms. The Kier molecular flexibility index (Phi) is 4.66. The molecule has 2 aliphatic rings. The lowest BCUT2D eigenvalue weighted by Crippen LogP contribution is -2.66. The predicted octanol–water partition coefficient (Wildman–Crippen LogP) is 4.45. The Hall–Kier alpha value is -2.37. The number of amides is 1. The molecule has 2 saturated heterocycles. The Morgan fingerprint density at radius 3 is 2.19 bits per heavy atom. The number of carbonyl (C=O) groups is 1. The van der Waals surface area contributed by atoms with Crippen molar-refractivity contribution in [3.8, 4) is 0 Å². The Morgan fingerprint density at radius 2 is 1.63 bits per heavy atom. The minimum absolute atomic E-state index is 0.0268. The lowest BCUT2D eigenvalue weighted by molar-refractivity contribution is -0.546. The maximum Gasteiger partial charge on any atom is 0.412 e. The Morgan fingerprint density at radius 1 is 1.00 bits per heavy atom. The third-order valence-corrected chi connectivity index (χ3v) is 5.78. The Labute approximate surface area is 159 Å². The molecule has 2 heterocycles. The number of hydrogen-bond donors (Lipinski definition) is 0. The van der Waals surface area contributed by atoms with E-state index in [1.54, 1.807) is 4.90 Å². The highest BCUT2D eigenvalue weighted by Gasteiger charge is 2.63. The van der Waals surface area contributed by atoms with Gasteiger partial charge in [-0.1, -0.05) is 81.4 Å². The second kappa shape index (κ2) is 6.98. The number of benzene rings is 2. The van der Waals surface area contributed by atoms with Crippen LogP contribution in [0.2, 0.25) is 0 Å². The van der Waals surface area contributed by atoms with E-state index in [2.05, 4.69) is 32.9 Å². The standard InChI is InChI=1S/C22H25NO4/c1-15(2)19-14-25-21(24)23(19)20-22(27-26-20,18-12-8-5-9-13-18)16(3)17-10-6-4-7-11-17/h4-13,15-16,19-20H,14H2,1-3H3/t16-,19-,20-,22-/m1/s1. The zero-order valence-electron chi connectivity index (χ0n) is 15.9. The van der Waals surface area contributed by atoms with E-state index in [1.165, 1.54) is 0 Å². The van der Waals surface area contributed by atoms with Crippen LogP contribution >= 0.6 is 0 Å². The third-order valence-electron chi connectivity index (χ3n) is 5.78. The average Bonchev–Trinajstić information content (AvgIpc) is 3.04. The van der Waals surface area contributed by atoms with Crippen molar-refractivity contribution in [1.29, 1.82) is 0 Å². The molecular formula is C22H25NO4. The number of cyclic esters (lactones) is 1. The SMILES string of the molecule is CC(C)[C@H]1COC(=O)N1[C@@H]1OO[C@@]1(c1ccccc1)[C@H](C)c1ccccc1. The first-order valence-electron chi connectivity index (χ1n) is 9.45. The number of nitrogens with zero attached hydrogens (tertiary/aromatic N) is 1. The van der Waals surface area contributed by atoms with Crippen molar-refractivity contribution in [2.45, 2.75) is 44.6 Å². The van der Waals surface area contributed by atoms with Gasteiger partial charge in [0.25, 0.3) is 0 Å². The minimum atomic E-state index is -0.793. The Bertz CT molecular complexity index is 794. The van der Waals surface area contributed by atoms with Crippen molar-refractivity contribution in [3.63, 3.8) is 0 Å². The fraction of sp³-hybridized carbons (Fsp3) is 0.409. The molecule has 1 amide bonds. The molecule has 0 unspecified atom stereocenters. The van der Waals surface area contributed by atoms with Crippen LogP contribution in [0.25, 0.3) is 0 Å². The summed E-state index contributed by atoms with van der Waals surface area (Å²) in [7, 11) is 0. The van der Waals surface area contributed by atoms with Gasteiger partial charge in [0.15, 0.2) is 5.60 Å². The van der Waals surface area contributed by atoms with E-state index in [1.807, 2.05) is 48.5 Å². The first-order valence-corrected chi connectivity index (χ1v) is 9.45. The van der Waals surface area contributed by atoms with Crippen molar-refractivity contribution < 1.29 is 19.3 Å². The van der Waals surface area contributed by atoms with Crippen LogP contribution in [0.3, 0.4) is 0 Å². The van der Waals surface area contributed by atoms with Crippen LogP contribution in [0.1, 0.15) is 37.8 Å². The summed E-state index contributed by atoms with van der Waals surface area (Å²) in [5.41, 5.74) is 1.32. The van der Waals surface area contributed by atoms with Gasteiger partial charge in [-0.3, -0.25) is 4.90 Å². The molecule has 5 heteroatoms. The first kappa shape index (κ1) is 18.0. The van der Waals surface area contributed by atoms with Crippen LogP contribution in [0.5, 0.6) is 0 Å². The minimum Gasteiger partial charge on any atom is -0.447 e. The highest BCUT2D eigenvalue weighted by Crippen LogP contribution is 2.52. The van der Waals surface area contributed by atoms with E-state index in [4.69, 9.17) is 14.5 Å². The van der Waals surface area contributed by atoms with Gasteiger partial charge < -0.3 is 4.74 Å². The molecule has 0 radical (unpaired) electrons. The van der Waals surface area contributed by atoms with Crippen LogP contribution in [0.15, 0.2) is 60.7 Å². The molecular weight excluding hydrogens is 342 g/mol. The van der Waals surface area contributed by atoms with E-state index in [0.717, 1.165) is 11.1 Å². The summed E-state index contributed by atoms with van der Waals surface area (Å²) in [5.74, 6) is 0.224. The molecule has 0 aromatic heterocycles. The van der Waals surface area contributed by atoms with Gasteiger partial charge in [0.2, 0.25) is 6.23 Å².